The molecule has 0 amide bonds. The summed E-state index contributed by atoms with van der Waals surface area (Å²) in [5.41, 5.74) is 0. The zero-order valence-electron chi connectivity index (χ0n) is 46.0. The molecule has 0 aliphatic rings. The van der Waals surface area contributed by atoms with Crippen LogP contribution in [0.25, 0.3) is 0 Å². The first kappa shape index (κ1) is 66.6. The number of allylic oxidation sites excluding steroid dienone is 14. The van der Waals surface area contributed by atoms with E-state index in [2.05, 4.69) is 106 Å². The van der Waals surface area contributed by atoms with E-state index in [4.69, 9.17) is 14.2 Å². The number of carbonyl (C=O) groups excluding carboxylic acids is 3. The van der Waals surface area contributed by atoms with Gasteiger partial charge < -0.3 is 14.2 Å². The van der Waals surface area contributed by atoms with Crippen LogP contribution in [0.1, 0.15) is 284 Å². The van der Waals surface area contributed by atoms with Gasteiger partial charge in [0.1, 0.15) is 13.2 Å². The van der Waals surface area contributed by atoms with Gasteiger partial charge in [0.25, 0.3) is 0 Å². The molecule has 0 heterocycles. The molecular formula is C64H110O6. The van der Waals surface area contributed by atoms with E-state index in [-0.39, 0.29) is 37.5 Å². The van der Waals surface area contributed by atoms with Crippen LogP contribution >= 0.6 is 0 Å². The Balaban J connectivity index is 4.22. The van der Waals surface area contributed by atoms with E-state index < -0.39 is 6.10 Å². The largest absolute Gasteiger partial charge is 0.462 e. The van der Waals surface area contributed by atoms with Gasteiger partial charge in [-0.15, -0.1) is 0 Å². The van der Waals surface area contributed by atoms with Crippen molar-refractivity contribution in [3.8, 4) is 0 Å². The molecule has 70 heavy (non-hydrogen) atoms. The van der Waals surface area contributed by atoms with Crippen LogP contribution < -0.4 is 0 Å². The Morgan fingerprint density at radius 2 is 0.586 bits per heavy atom. The summed E-state index contributed by atoms with van der Waals surface area (Å²) in [4.78, 5) is 38.0. The van der Waals surface area contributed by atoms with Crippen molar-refractivity contribution in [1.82, 2.24) is 0 Å². The predicted octanol–water partition coefficient (Wildman–Crippen LogP) is 19.9. The molecular weight excluding hydrogens is 865 g/mol. The third-order valence-electron chi connectivity index (χ3n) is 12.6. The first-order chi connectivity index (χ1) is 34.5. The van der Waals surface area contributed by atoms with Crippen LogP contribution in [0.2, 0.25) is 0 Å². The van der Waals surface area contributed by atoms with E-state index in [1.165, 1.54) is 135 Å². The van der Waals surface area contributed by atoms with Crippen molar-refractivity contribution < 1.29 is 28.6 Å². The minimum absolute atomic E-state index is 0.0951. The molecule has 6 nitrogen and oxygen atoms in total. The number of ether oxygens (including phenoxy) is 3. The molecule has 0 saturated carbocycles. The predicted molar refractivity (Wildman–Crippen MR) is 302 cm³/mol. The van der Waals surface area contributed by atoms with Gasteiger partial charge in [-0.3, -0.25) is 14.4 Å². The lowest BCUT2D eigenvalue weighted by molar-refractivity contribution is -0.167. The molecule has 0 aliphatic carbocycles. The Morgan fingerprint density at radius 1 is 0.300 bits per heavy atom. The molecule has 0 N–H and O–H groups in total. The maximum absolute atomic E-state index is 12.8. The molecule has 0 fully saturated rings. The second-order valence-corrected chi connectivity index (χ2v) is 19.5. The summed E-state index contributed by atoms with van der Waals surface area (Å²) in [5, 5.41) is 0. The number of rotatable bonds is 53. The smallest absolute Gasteiger partial charge is 0.306 e. The Morgan fingerprint density at radius 3 is 0.971 bits per heavy atom. The highest BCUT2D eigenvalue weighted by Crippen LogP contribution is 2.16. The fourth-order valence-electron chi connectivity index (χ4n) is 8.17. The van der Waals surface area contributed by atoms with Crippen molar-refractivity contribution in [2.24, 2.45) is 0 Å². The second-order valence-electron chi connectivity index (χ2n) is 19.5. The normalized spacial score (nSPS) is 12.7. The van der Waals surface area contributed by atoms with Gasteiger partial charge in [0.05, 0.1) is 0 Å². The highest BCUT2D eigenvalue weighted by atomic mass is 16.6. The lowest BCUT2D eigenvalue weighted by Gasteiger charge is -2.18. The third kappa shape index (κ3) is 55.5. The average Bonchev–Trinajstić information content (AvgIpc) is 3.36. The molecule has 0 aromatic rings. The Kier molecular flexibility index (Phi) is 55.3. The first-order valence-electron chi connectivity index (χ1n) is 29.6. The molecule has 0 aromatic heterocycles. The fourth-order valence-corrected chi connectivity index (χ4v) is 8.17. The second kappa shape index (κ2) is 58.2. The van der Waals surface area contributed by atoms with Crippen LogP contribution in [0.4, 0.5) is 0 Å². The van der Waals surface area contributed by atoms with Crippen LogP contribution in [0, 0.1) is 0 Å². The highest BCUT2D eigenvalue weighted by Gasteiger charge is 2.19. The molecule has 0 rings (SSSR count). The third-order valence-corrected chi connectivity index (χ3v) is 12.6. The number of hydrogen-bond donors (Lipinski definition) is 0. The standard InChI is InChI=1S/C64H110O6/c1-4-7-10-13-16-19-22-24-26-27-28-29-30-31-32-33-34-35-36-37-39-40-42-45-48-51-54-57-63(66)69-60-61(59-68-62(65)56-53-50-47-44-21-18-15-12-9-6-3)70-64(67)58-55-52-49-46-43-41-38-25-23-20-17-14-11-8-5-2/h8,11-12,15,17,20,22,24-25,27-28,38,43,46,61H,4-7,9-10,13-14,16,18-19,21,23,26,29-37,39-42,44-45,47-60H2,1-3H3/b11-8-,15-12-,20-17-,24-22-,28-27-,38-25-,46-43-. The summed E-state index contributed by atoms with van der Waals surface area (Å²) in [5.74, 6) is -0.944. The van der Waals surface area contributed by atoms with Crippen LogP contribution in [0.15, 0.2) is 85.1 Å². The van der Waals surface area contributed by atoms with Crippen LogP contribution in [0.5, 0.6) is 0 Å². The topological polar surface area (TPSA) is 78.9 Å². The van der Waals surface area contributed by atoms with E-state index in [1.807, 2.05) is 0 Å². The van der Waals surface area contributed by atoms with Gasteiger partial charge >= 0.3 is 17.9 Å². The van der Waals surface area contributed by atoms with E-state index in [0.717, 1.165) is 103 Å². The van der Waals surface area contributed by atoms with E-state index >= 15 is 0 Å². The van der Waals surface area contributed by atoms with Gasteiger partial charge in [-0.05, 0) is 109 Å². The van der Waals surface area contributed by atoms with Crippen LogP contribution in [0.3, 0.4) is 0 Å². The molecule has 0 saturated heterocycles. The molecule has 6 heteroatoms. The molecule has 1 atom stereocenters. The molecule has 402 valence electrons. The first-order valence-corrected chi connectivity index (χ1v) is 29.6. The summed E-state index contributed by atoms with van der Waals surface area (Å²) >= 11 is 0. The number of hydrogen-bond acceptors (Lipinski definition) is 6. The number of carbonyl (C=O) groups is 3. The molecule has 0 spiro atoms. The lowest BCUT2D eigenvalue weighted by atomic mass is 10.0. The number of esters is 3. The van der Waals surface area contributed by atoms with E-state index in [9.17, 15) is 14.4 Å². The van der Waals surface area contributed by atoms with Crippen molar-refractivity contribution in [2.45, 2.75) is 290 Å². The van der Waals surface area contributed by atoms with E-state index in [1.54, 1.807) is 0 Å². The quantitative estimate of drug-likeness (QED) is 0.0261. The monoisotopic (exact) mass is 975 g/mol. The van der Waals surface area contributed by atoms with Crippen LogP contribution in [-0.2, 0) is 28.6 Å². The van der Waals surface area contributed by atoms with E-state index in [0.29, 0.717) is 19.3 Å². The van der Waals surface area contributed by atoms with Crippen molar-refractivity contribution in [2.75, 3.05) is 13.2 Å². The SMILES string of the molecule is CC/C=C\C/C=C\C/C=C\C/C=C\CCCCC(=O)OC(COC(=O)CCCCCCC/C=C\CCC)COC(=O)CCCCCCCCCCCCCCCCC/C=C\C/C=C\CCCCCCC. The molecule has 0 radical (unpaired) electrons. The summed E-state index contributed by atoms with van der Waals surface area (Å²) < 4.78 is 16.8. The average molecular weight is 976 g/mol. The summed E-state index contributed by atoms with van der Waals surface area (Å²) in [6.07, 6.45) is 76.0. The Bertz CT molecular complexity index is 1350. The van der Waals surface area contributed by atoms with Gasteiger partial charge in [0.15, 0.2) is 6.10 Å². The maximum Gasteiger partial charge on any atom is 0.306 e. The lowest BCUT2D eigenvalue weighted by Crippen LogP contribution is -2.30. The Hall–Kier alpha value is -3.41. The number of unbranched alkanes of at least 4 members (excludes halogenated alkanes) is 28. The highest BCUT2D eigenvalue weighted by molar-refractivity contribution is 5.71. The van der Waals surface area contributed by atoms with Crippen LogP contribution in [-0.4, -0.2) is 37.2 Å². The van der Waals surface area contributed by atoms with Gasteiger partial charge in [0.2, 0.25) is 0 Å². The van der Waals surface area contributed by atoms with Gasteiger partial charge in [-0.1, -0.05) is 241 Å². The minimum atomic E-state index is -0.800. The van der Waals surface area contributed by atoms with Gasteiger partial charge in [-0.25, -0.2) is 0 Å². The maximum atomic E-state index is 12.8. The van der Waals surface area contributed by atoms with Crippen molar-refractivity contribution in [1.29, 1.82) is 0 Å². The molecule has 0 aliphatic heterocycles. The molecule has 0 bridgehead atoms. The molecule has 0 aromatic carbocycles. The Labute approximate surface area is 433 Å². The summed E-state index contributed by atoms with van der Waals surface area (Å²) in [6, 6.07) is 0. The fraction of sp³-hybridized carbons (Fsp3) is 0.734. The van der Waals surface area contributed by atoms with Crippen molar-refractivity contribution in [3.63, 3.8) is 0 Å². The van der Waals surface area contributed by atoms with Gasteiger partial charge in [-0.2, -0.15) is 0 Å². The van der Waals surface area contributed by atoms with Crippen molar-refractivity contribution >= 4 is 17.9 Å². The van der Waals surface area contributed by atoms with Gasteiger partial charge in [0, 0.05) is 19.3 Å². The summed E-state index contributed by atoms with van der Waals surface area (Å²) in [7, 11) is 0. The van der Waals surface area contributed by atoms with Crippen molar-refractivity contribution in [3.05, 3.63) is 85.1 Å². The zero-order valence-corrected chi connectivity index (χ0v) is 46.0. The minimum Gasteiger partial charge on any atom is -0.462 e. The molecule has 1 unspecified atom stereocenters. The zero-order chi connectivity index (χ0) is 50.7. The summed E-state index contributed by atoms with van der Waals surface area (Å²) in [6.45, 7) is 6.42.